The van der Waals surface area contributed by atoms with Gasteiger partial charge in [0.25, 0.3) is 40.5 Å². The number of benzene rings is 6. The molecule has 386 valence electrons. The molecular formula is C43H36N14O14S4. The molecule has 28 nitrogen and oxygen atoms in total. The Labute approximate surface area is 425 Å². The molecule has 0 atom stereocenters. The van der Waals surface area contributed by atoms with Crippen LogP contribution in [-0.4, -0.2) is 84.5 Å². The molecule has 32 heteroatoms. The summed E-state index contributed by atoms with van der Waals surface area (Å²) in [7, 11) is -18.6. The van der Waals surface area contributed by atoms with Gasteiger partial charge in [-0.3, -0.25) is 23.0 Å². The lowest BCUT2D eigenvalue weighted by Crippen LogP contribution is -2.16. The van der Waals surface area contributed by atoms with Crippen LogP contribution in [0, 0.1) is 13.8 Å². The van der Waals surface area contributed by atoms with Crippen molar-refractivity contribution < 1.29 is 61.8 Å². The number of hydrogen-bond acceptors (Lipinski definition) is 23. The first-order valence-corrected chi connectivity index (χ1v) is 26.6. The van der Waals surface area contributed by atoms with Gasteiger partial charge in [-0.15, -0.1) is 10.2 Å². The van der Waals surface area contributed by atoms with Crippen molar-refractivity contribution in [1.82, 2.24) is 15.0 Å². The maximum atomic E-state index is 12.3. The van der Waals surface area contributed by atoms with Crippen molar-refractivity contribution in [2.45, 2.75) is 33.4 Å². The largest absolute Gasteiger partial charge is 0.480 e. The summed E-state index contributed by atoms with van der Waals surface area (Å²) in [4.78, 5) is 22.3. The lowest BCUT2D eigenvalue weighted by molar-refractivity contribution is -0.134. The third-order valence-corrected chi connectivity index (χ3v) is 13.2. The molecule has 8 N–H and O–H groups in total. The van der Waals surface area contributed by atoms with Crippen LogP contribution >= 0.6 is 0 Å². The summed E-state index contributed by atoms with van der Waals surface area (Å²) < 4.78 is 133. The first kappa shape index (κ1) is 54.0. The van der Waals surface area contributed by atoms with Crippen molar-refractivity contribution in [3.8, 4) is 0 Å². The predicted octanol–water partition coefficient (Wildman–Crippen LogP) is 10.1. The second-order valence-corrected chi connectivity index (χ2v) is 20.9. The van der Waals surface area contributed by atoms with Gasteiger partial charge in [0.15, 0.2) is 0 Å². The summed E-state index contributed by atoms with van der Waals surface area (Å²) in [6.07, 6.45) is 0. The third-order valence-electron chi connectivity index (χ3n) is 9.74. The zero-order chi connectivity index (χ0) is 54.3. The average molecular weight is 1100 g/mol. The molecule has 0 radical (unpaired) electrons. The van der Waals surface area contributed by atoms with Crippen LogP contribution in [0.15, 0.2) is 182 Å². The van der Waals surface area contributed by atoms with Crippen LogP contribution in [0.2, 0.25) is 0 Å². The van der Waals surface area contributed by atoms with Gasteiger partial charge < -0.3 is 21.1 Å². The van der Waals surface area contributed by atoms with E-state index < -0.39 is 62.8 Å². The van der Waals surface area contributed by atoms with Crippen LogP contribution in [0.4, 0.5) is 74.7 Å². The van der Waals surface area contributed by atoms with Gasteiger partial charge in [0.1, 0.15) is 27.7 Å². The van der Waals surface area contributed by atoms with Gasteiger partial charge in [-0.2, -0.15) is 79.3 Å². The van der Waals surface area contributed by atoms with Crippen LogP contribution in [0.25, 0.3) is 0 Å². The minimum absolute atomic E-state index is 0.0169. The zero-order valence-corrected chi connectivity index (χ0v) is 41.5. The lowest BCUT2D eigenvalue weighted by atomic mass is 10.2. The maximum absolute atomic E-state index is 12.3. The van der Waals surface area contributed by atoms with E-state index in [0.29, 0.717) is 22.5 Å². The standard InChI is InChI=1S/C43H36N14O14S4/c1-24-19-28(7-15-34(24)54-56-36-17-9-30(21-38(36)74(66,67)68)52-50-26-3-11-32(12-4-26)72(60,61)62)45-42-47-41(44-23-40(58)59)48-43(49-42)46-29-8-16-35(25(2)20-29)55-57-37-18-10-31(22-39(37)75(69,70)71)53-51-27-5-13-33(14-6-27)73(63,64)65/h3-22H,23H2,1-2H3,(H,58,59)(H,60,61,62)(H,63,64,65)(H,66,67,68)(H,69,70,71)(H3,44,45,46,47,48,49). The van der Waals surface area contributed by atoms with E-state index in [2.05, 4.69) is 71.8 Å². The number of hydrogen-bond donors (Lipinski definition) is 8. The van der Waals surface area contributed by atoms with Gasteiger partial charge in [-0.05, 0) is 146 Å². The topological polar surface area (TPSA) is 428 Å². The second-order valence-electron chi connectivity index (χ2n) is 15.3. The molecule has 7 aromatic rings. The number of aryl methyl sites for hydroxylation is 2. The van der Waals surface area contributed by atoms with E-state index in [4.69, 9.17) is 9.11 Å². The van der Waals surface area contributed by atoms with Crippen LogP contribution in [0.5, 0.6) is 0 Å². The van der Waals surface area contributed by atoms with Gasteiger partial charge in [0.2, 0.25) is 17.8 Å². The number of carboxylic acids is 1. The van der Waals surface area contributed by atoms with E-state index in [1.165, 1.54) is 60.7 Å². The molecule has 0 fully saturated rings. The Kier molecular flexibility index (Phi) is 16.0. The van der Waals surface area contributed by atoms with Crippen molar-refractivity contribution >= 4 is 121 Å². The van der Waals surface area contributed by atoms with Crippen LogP contribution in [0.1, 0.15) is 11.1 Å². The van der Waals surface area contributed by atoms with E-state index in [1.807, 2.05) is 0 Å². The van der Waals surface area contributed by atoms with Crippen molar-refractivity contribution in [2.24, 2.45) is 40.9 Å². The fourth-order valence-electron chi connectivity index (χ4n) is 6.19. The van der Waals surface area contributed by atoms with E-state index in [1.54, 1.807) is 38.1 Å². The number of rotatable bonds is 19. The Morgan fingerprint density at radius 3 is 1.11 bits per heavy atom. The molecule has 0 aliphatic rings. The number of aliphatic carboxylic acids is 1. The van der Waals surface area contributed by atoms with E-state index in [-0.39, 0.29) is 73.1 Å². The minimum atomic E-state index is -4.86. The van der Waals surface area contributed by atoms with Gasteiger partial charge in [-0.1, -0.05) is 0 Å². The Balaban J connectivity index is 1.05. The summed E-state index contributed by atoms with van der Waals surface area (Å²) in [5.41, 5.74) is 2.25. The monoisotopic (exact) mass is 1100 g/mol. The highest BCUT2D eigenvalue weighted by Crippen LogP contribution is 2.35. The first-order chi connectivity index (χ1) is 35.3. The van der Waals surface area contributed by atoms with E-state index >= 15 is 0 Å². The van der Waals surface area contributed by atoms with Gasteiger partial charge in [0, 0.05) is 11.4 Å². The quantitative estimate of drug-likeness (QED) is 0.0275. The van der Waals surface area contributed by atoms with Crippen LogP contribution in [0.3, 0.4) is 0 Å². The predicted molar refractivity (Wildman–Crippen MR) is 267 cm³/mol. The summed E-state index contributed by atoms with van der Waals surface area (Å²) >= 11 is 0. The molecule has 1 heterocycles. The second kappa shape index (κ2) is 22.2. The normalized spacial score (nSPS) is 12.5. The number of carbonyl (C=O) groups is 1. The highest BCUT2D eigenvalue weighted by atomic mass is 32.2. The molecule has 6 aromatic carbocycles. The molecule has 7 rings (SSSR count). The number of nitrogens with one attached hydrogen (secondary N) is 3. The van der Waals surface area contributed by atoms with Gasteiger partial charge in [-0.25, -0.2) is 0 Å². The Hall–Kier alpha value is -8.76. The van der Waals surface area contributed by atoms with Crippen molar-refractivity contribution in [1.29, 1.82) is 0 Å². The minimum Gasteiger partial charge on any atom is -0.480 e. The molecule has 0 spiro atoms. The molecule has 0 saturated heterocycles. The molecular weight excluding hydrogens is 1060 g/mol. The first-order valence-electron chi connectivity index (χ1n) is 20.8. The lowest BCUT2D eigenvalue weighted by Gasteiger charge is -2.12. The van der Waals surface area contributed by atoms with E-state index in [0.717, 1.165) is 36.4 Å². The Morgan fingerprint density at radius 1 is 0.427 bits per heavy atom. The zero-order valence-electron chi connectivity index (χ0n) is 38.2. The Bertz CT molecular complexity index is 3710. The summed E-state index contributed by atoms with van der Waals surface area (Å²) in [6.45, 7) is 2.79. The molecule has 0 aliphatic heterocycles. The van der Waals surface area contributed by atoms with Gasteiger partial charge in [0.05, 0.1) is 43.9 Å². The summed E-state index contributed by atoms with van der Waals surface area (Å²) in [5.74, 6) is -1.42. The molecule has 0 amide bonds. The Morgan fingerprint density at radius 2 is 0.760 bits per heavy atom. The highest BCUT2D eigenvalue weighted by molar-refractivity contribution is 7.86. The van der Waals surface area contributed by atoms with Gasteiger partial charge >= 0.3 is 5.97 Å². The fourth-order valence-corrected chi connectivity index (χ4v) is 8.44. The average Bonchev–Trinajstić information content (AvgIpc) is 3.33. The third kappa shape index (κ3) is 14.9. The summed E-state index contributed by atoms with van der Waals surface area (Å²) in [5, 5.41) is 49.9. The SMILES string of the molecule is Cc1cc(Nc2nc(NCC(=O)O)nc(Nc3ccc(N=Nc4ccc(N=Nc5ccc(S(=O)(=O)O)cc5)cc4S(=O)(=O)O)c(C)c3)n2)ccc1N=Nc1ccc(N=Nc2ccc(S(=O)(=O)O)cc2)cc1S(=O)(=O)O. The molecule has 0 aliphatic carbocycles. The van der Waals surface area contributed by atoms with Crippen molar-refractivity contribution in [3.05, 3.63) is 132 Å². The molecule has 0 unspecified atom stereocenters. The molecule has 1 aromatic heterocycles. The van der Waals surface area contributed by atoms with Crippen LogP contribution in [-0.2, 0) is 45.3 Å². The van der Waals surface area contributed by atoms with Crippen LogP contribution < -0.4 is 16.0 Å². The smallest absolute Gasteiger partial charge is 0.322 e. The highest BCUT2D eigenvalue weighted by Gasteiger charge is 2.19. The molecule has 75 heavy (non-hydrogen) atoms. The van der Waals surface area contributed by atoms with Crippen molar-refractivity contribution in [3.63, 3.8) is 0 Å². The number of aromatic nitrogens is 3. The number of anilines is 5. The maximum Gasteiger partial charge on any atom is 0.322 e. The number of azo groups is 4. The number of carboxylic acid groups (broad SMARTS) is 1. The fraction of sp³-hybridized carbons (Fsp3) is 0.0698. The number of nitrogens with zero attached hydrogens (tertiary/aromatic N) is 11. The summed E-state index contributed by atoms with van der Waals surface area (Å²) in [6, 6.07) is 26.0. The van der Waals surface area contributed by atoms with E-state index in [9.17, 15) is 52.7 Å². The molecule has 0 bridgehead atoms. The molecule has 0 saturated carbocycles. The van der Waals surface area contributed by atoms with Crippen molar-refractivity contribution in [2.75, 3.05) is 22.5 Å².